The monoisotopic (exact) mass is 378 g/mol. The van der Waals surface area contributed by atoms with E-state index in [1.54, 1.807) is 6.07 Å². The molecule has 26 heavy (non-hydrogen) atoms. The standard InChI is InChI=1S/C17H18N4O4.ClH/c18-12-4-6-14-11(8-12)2-1-3-15(14)19-16(22)10-20-9-13(21(24)25)5-7-17(20)23;/h4-9,15H,1-3,10,18H2,(H,19,22);1H. The molecule has 8 nitrogen and oxygen atoms in total. The number of amides is 1. The Hall–Kier alpha value is -2.87. The molecule has 1 aliphatic carbocycles. The topological polar surface area (TPSA) is 120 Å². The third-order valence-corrected chi connectivity index (χ3v) is 4.31. The number of carbonyl (C=O) groups is 1. The first-order valence-electron chi connectivity index (χ1n) is 7.96. The van der Waals surface area contributed by atoms with Crippen molar-refractivity contribution < 1.29 is 9.72 Å². The number of halogens is 1. The minimum Gasteiger partial charge on any atom is -0.399 e. The molecule has 1 aliphatic rings. The number of rotatable bonds is 4. The van der Waals surface area contributed by atoms with Crippen molar-refractivity contribution in [1.29, 1.82) is 0 Å². The van der Waals surface area contributed by atoms with Gasteiger partial charge < -0.3 is 11.1 Å². The predicted molar refractivity (Wildman–Crippen MR) is 99.3 cm³/mol. The van der Waals surface area contributed by atoms with Gasteiger partial charge in [-0.15, -0.1) is 12.4 Å². The summed E-state index contributed by atoms with van der Waals surface area (Å²) < 4.78 is 1.04. The largest absolute Gasteiger partial charge is 0.399 e. The summed E-state index contributed by atoms with van der Waals surface area (Å²) in [7, 11) is 0. The zero-order valence-corrected chi connectivity index (χ0v) is 14.7. The van der Waals surface area contributed by atoms with E-state index in [4.69, 9.17) is 5.73 Å². The number of nitrogens with zero attached hydrogens (tertiary/aromatic N) is 2. The molecule has 0 saturated carbocycles. The average Bonchev–Trinajstić information content (AvgIpc) is 2.56. The smallest absolute Gasteiger partial charge is 0.285 e. The highest BCUT2D eigenvalue weighted by Gasteiger charge is 2.22. The van der Waals surface area contributed by atoms with Crippen LogP contribution < -0.4 is 16.6 Å². The minimum absolute atomic E-state index is 0. The molecular weight excluding hydrogens is 360 g/mol. The number of nitrogens with two attached hydrogens (primary N) is 1. The van der Waals surface area contributed by atoms with Crippen LogP contribution in [0.25, 0.3) is 0 Å². The van der Waals surface area contributed by atoms with Crippen molar-refractivity contribution in [2.45, 2.75) is 31.8 Å². The molecule has 1 unspecified atom stereocenters. The molecule has 1 atom stereocenters. The second-order valence-corrected chi connectivity index (χ2v) is 6.08. The summed E-state index contributed by atoms with van der Waals surface area (Å²) in [4.78, 5) is 34.3. The van der Waals surface area contributed by atoms with Gasteiger partial charge >= 0.3 is 0 Å². The summed E-state index contributed by atoms with van der Waals surface area (Å²) >= 11 is 0. The number of pyridine rings is 1. The summed E-state index contributed by atoms with van der Waals surface area (Å²) in [6.07, 6.45) is 3.72. The van der Waals surface area contributed by atoms with Crippen molar-refractivity contribution in [3.63, 3.8) is 0 Å². The van der Waals surface area contributed by atoms with Crippen molar-refractivity contribution in [2.24, 2.45) is 0 Å². The number of carbonyl (C=O) groups excluding carboxylic acids is 1. The van der Waals surface area contributed by atoms with Crippen LogP contribution in [0.5, 0.6) is 0 Å². The fourth-order valence-corrected chi connectivity index (χ4v) is 3.13. The first kappa shape index (κ1) is 19.5. The molecule has 1 aromatic heterocycles. The Bertz CT molecular complexity index is 897. The molecule has 138 valence electrons. The molecule has 0 fully saturated rings. The molecule has 0 bridgehead atoms. The van der Waals surface area contributed by atoms with Gasteiger partial charge in [-0.05, 0) is 42.5 Å². The number of benzene rings is 1. The zero-order chi connectivity index (χ0) is 18.0. The molecule has 9 heteroatoms. The molecule has 3 rings (SSSR count). The van der Waals surface area contributed by atoms with Crippen LogP contribution in [-0.2, 0) is 17.8 Å². The van der Waals surface area contributed by atoms with E-state index in [1.165, 1.54) is 0 Å². The number of nitro groups is 1. The van der Waals surface area contributed by atoms with Crippen LogP contribution in [0.1, 0.15) is 30.0 Å². The highest BCUT2D eigenvalue weighted by molar-refractivity contribution is 5.85. The molecule has 0 aliphatic heterocycles. The van der Waals surface area contributed by atoms with Gasteiger partial charge in [-0.25, -0.2) is 0 Å². The van der Waals surface area contributed by atoms with Crippen molar-refractivity contribution in [1.82, 2.24) is 9.88 Å². The van der Waals surface area contributed by atoms with Gasteiger partial charge in [0.1, 0.15) is 6.54 Å². The molecule has 0 radical (unpaired) electrons. The van der Waals surface area contributed by atoms with Gasteiger partial charge in [0.05, 0.1) is 17.2 Å². The van der Waals surface area contributed by atoms with E-state index in [0.29, 0.717) is 5.69 Å². The Labute approximate surface area is 155 Å². The van der Waals surface area contributed by atoms with E-state index in [-0.39, 0.29) is 36.6 Å². The van der Waals surface area contributed by atoms with Crippen molar-refractivity contribution in [2.75, 3.05) is 5.73 Å². The highest BCUT2D eigenvalue weighted by atomic mass is 35.5. The molecular formula is C17H19ClN4O4. The Balaban J connectivity index is 0.00000243. The fourth-order valence-electron chi connectivity index (χ4n) is 3.13. The van der Waals surface area contributed by atoms with E-state index >= 15 is 0 Å². The molecule has 1 heterocycles. The Morgan fingerprint density at radius 3 is 2.85 bits per heavy atom. The number of aromatic nitrogens is 1. The van der Waals surface area contributed by atoms with Gasteiger partial charge in [-0.2, -0.15) is 0 Å². The average molecular weight is 379 g/mol. The maximum Gasteiger partial charge on any atom is 0.285 e. The lowest BCUT2D eigenvalue weighted by molar-refractivity contribution is -0.385. The summed E-state index contributed by atoms with van der Waals surface area (Å²) in [5.74, 6) is -0.364. The van der Waals surface area contributed by atoms with Gasteiger partial charge in [0.15, 0.2) is 0 Å². The van der Waals surface area contributed by atoms with Crippen LogP contribution in [0, 0.1) is 10.1 Å². The molecule has 3 N–H and O–H groups in total. The fraction of sp³-hybridized carbons (Fsp3) is 0.294. The highest BCUT2D eigenvalue weighted by Crippen LogP contribution is 2.30. The van der Waals surface area contributed by atoms with Gasteiger partial charge in [-0.3, -0.25) is 24.3 Å². The van der Waals surface area contributed by atoms with Crippen LogP contribution in [0.15, 0.2) is 41.3 Å². The second kappa shape index (κ2) is 8.01. The van der Waals surface area contributed by atoms with E-state index in [9.17, 15) is 19.7 Å². The minimum atomic E-state index is -0.602. The number of fused-ring (bicyclic) bond motifs is 1. The molecule has 1 aromatic carbocycles. The lowest BCUT2D eigenvalue weighted by Crippen LogP contribution is -2.35. The molecule has 0 spiro atoms. The predicted octanol–water partition coefficient (Wildman–Crippen LogP) is 1.95. The number of anilines is 1. The van der Waals surface area contributed by atoms with Crippen molar-refractivity contribution in [3.05, 3.63) is 68.1 Å². The third kappa shape index (κ3) is 4.20. The van der Waals surface area contributed by atoms with Gasteiger partial charge in [-0.1, -0.05) is 6.07 Å². The maximum absolute atomic E-state index is 12.3. The first-order valence-corrected chi connectivity index (χ1v) is 7.96. The third-order valence-electron chi connectivity index (χ3n) is 4.31. The van der Waals surface area contributed by atoms with Crippen LogP contribution in [0.3, 0.4) is 0 Å². The van der Waals surface area contributed by atoms with Crippen LogP contribution in [0.2, 0.25) is 0 Å². The molecule has 2 aromatic rings. The summed E-state index contributed by atoms with van der Waals surface area (Å²) in [5, 5.41) is 13.7. The number of nitrogen functional groups attached to an aromatic ring is 1. The second-order valence-electron chi connectivity index (χ2n) is 6.08. The van der Waals surface area contributed by atoms with Crippen LogP contribution >= 0.6 is 12.4 Å². The Morgan fingerprint density at radius 1 is 1.35 bits per heavy atom. The maximum atomic E-state index is 12.3. The van der Waals surface area contributed by atoms with Gasteiger partial charge in [0.2, 0.25) is 5.91 Å². The SMILES string of the molecule is Cl.Nc1ccc2c(c1)CCCC2NC(=O)Cn1cc([N+](=O)[O-])ccc1=O. The quantitative estimate of drug-likeness (QED) is 0.478. The first-order chi connectivity index (χ1) is 11.9. The van der Waals surface area contributed by atoms with E-state index in [1.807, 2.05) is 12.1 Å². The van der Waals surface area contributed by atoms with Crippen molar-refractivity contribution in [3.8, 4) is 0 Å². The number of nitrogens with one attached hydrogen (secondary N) is 1. The molecule has 1 amide bonds. The normalized spacial score (nSPS) is 15.5. The number of aryl methyl sites for hydroxylation is 1. The van der Waals surface area contributed by atoms with E-state index < -0.39 is 10.5 Å². The van der Waals surface area contributed by atoms with Crippen molar-refractivity contribution >= 4 is 29.7 Å². The van der Waals surface area contributed by atoms with Crippen LogP contribution in [-0.4, -0.2) is 15.4 Å². The van der Waals surface area contributed by atoms with E-state index in [0.717, 1.165) is 53.3 Å². The van der Waals surface area contributed by atoms with E-state index in [2.05, 4.69) is 5.32 Å². The summed E-state index contributed by atoms with van der Waals surface area (Å²) in [6, 6.07) is 7.69. The van der Waals surface area contributed by atoms with Gasteiger partial charge in [0.25, 0.3) is 11.2 Å². The summed E-state index contributed by atoms with van der Waals surface area (Å²) in [5.41, 5.74) is 7.95. The lowest BCUT2D eigenvalue weighted by Gasteiger charge is -2.26. The molecule has 0 saturated heterocycles. The lowest BCUT2D eigenvalue weighted by atomic mass is 9.87. The number of hydrogen-bond acceptors (Lipinski definition) is 5. The van der Waals surface area contributed by atoms with Gasteiger partial charge in [0, 0.05) is 17.8 Å². The van der Waals surface area contributed by atoms with Crippen LogP contribution in [0.4, 0.5) is 11.4 Å². The summed E-state index contributed by atoms with van der Waals surface area (Å²) in [6.45, 7) is -0.263. The zero-order valence-electron chi connectivity index (χ0n) is 13.9. The Morgan fingerprint density at radius 2 is 2.12 bits per heavy atom. The Kier molecular flexibility index (Phi) is 5.99. The number of hydrogen-bond donors (Lipinski definition) is 2.